The number of nitro groups is 1. The molecule has 0 N–H and O–H groups in total. The standard InChI is InChI=1S/C26H25N3O5S/c1-5-34-25(31)22-16(4)27-26-28(23(22)19-7-6-8-20(14-19)29(32)33)24(30)21(35-26)13-17-9-11-18(12-10-17)15(2)3/h6-15,23H,5H2,1-4H3/b21-13+/t23-/m0/s1. The molecule has 35 heavy (non-hydrogen) atoms. The Balaban J connectivity index is 1.92. The van der Waals surface area contributed by atoms with Crippen LogP contribution in [0.2, 0.25) is 0 Å². The summed E-state index contributed by atoms with van der Waals surface area (Å²) >= 11 is 1.22. The second-order valence-electron chi connectivity index (χ2n) is 8.48. The first-order chi connectivity index (χ1) is 16.7. The number of carbonyl (C=O) groups is 1. The van der Waals surface area contributed by atoms with Gasteiger partial charge in [0.25, 0.3) is 11.2 Å². The van der Waals surface area contributed by atoms with Crippen LogP contribution in [0.1, 0.15) is 56.3 Å². The number of aromatic nitrogens is 1. The quantitative estimate of drug-likeness (QED) is 0.296. The molecule has 0 radical (unpaired) electrons. The highest BCUT2D eigenvalue weighted by Gasteiger charge is 2.34. The van der Waals surface area contributed by atoms with Gasteiger partial charge in [0.05, 0.1) is 33.4 Å². The molecule has 0 saturated carbocycles. The van der Waals surface area contributed by atoms with Crippen molar-refractivity contribution >= 4 is 29.1 Å². The number of rotatable bonds is 6. The van der Waals surface area contributed by atoms with E-state index in [9.17, 15) is 19.7 Å². The summed E-state index contributed by atoms with van der Waals surface area (Å²) in [6.07, 6.45) is 1.79. The van der Waals surface area contributed by atoms with E-state index in [-0.39, 0.29) is 23.4 Å². The van der Waals surface area contributed by atoms with Gasteiger partial charge in [-0.2, -0.15) is 0 Å². The maximum absolute atomic E-state index is 13.6. The van der Waals surface area contributed by atoms with Crippen LogP contribution < -0.4 is 14.9 Å². The predicted molar refractivity (Wildman–Crippen MR) is 134 cm³/mol. The summed E-state index contributed by atoms with van der Waals surface area (Å²) < 4.78 is 7.14. The summed E-state index contributed by atoms with van der Waals surface area (Å²) in [7, 11) is 0. The first-order valence-electron chi connectivity index (χ1n) is 11.2. The zero-order valence-corrected chi connectivity index (χ0v) is 20.7. The number of ether oxygens (including phenoxy) is 1. The Bertz CT molecular complexity index is 1510. The number of hydrogen-bond acceptors (Lipinski definition) is 7. The third-order valence-electron chi connectivity index (χ3n) is 5.81. The van der Waals surface area contributed by atoms with Crippen molar-refractivity contribution in [2.75, 3.05) is 6.61 Å². The molecule has 0 spiro atoms. The van der Waals surface area contributed by atoms with E-state index in [4.69, 9.17) is 4.74 Å². The minimum atomic E-state index is -0.893. The van der Waals surface area contributed by atoms with Crippen molar-refractivity contribution in [2.24, 2.45) is 4.99 Å². The molecule has 180 valence electrons. The van der Waals surface area contributed by atoms with Crippen LogP contribution in [-0.2, 0) is 9.53 Å². The van der Waals surface area contributed by atoms with Gasteiger partial charge in [0.15, 0.2) is 4.80 Å². The SMILES string of the molecule is CCOC(=O)C1=C(C)N=c2s/c(=C/c3ccc(C(C)C)cc3)c(=O)n2[C@H]1c1cccc([N+](=O)[O-])c1. The Morgan fingerprint density at radius 3 is 2.60 bits per heavy atom. The molecule has 1 atom stereocenters. The Morgan fingerprint density at radius 1 is 1.26 bits per heavy atom. The molecule has 8 nitrogen and oxygen atoms in total. The van der Waals surface area contributed by atoms with Gasteiger partial charge in [-0.05, 0) is 42.5 Å². The number of benzene rings is 2. The molecule has 1 aliphatic heterocycles. The molecule has 0 bridgehead atoms. The van der Waals surface area contributed by atoms with Gasteiger partial charge in [-0.1, -0.05) is 61.6 Å². The van der Waals surface area contributed by atoms with Gasteiger partial charge in [-0.3, -0.25) is 19.5 Å². The number of allylic oxidation sites excluding steroid dienone is 1. The van der Waals surface area contributed by atoms with E-state index in [1.54, 1.807) is 26.0 Å². The summed E-state index contributed by atoms with van der Waals surface area (Å²) in [5.74, 6) is -0.211. The number of carbonyl (C=O) groups excluding carboxylic acids is 1. The minimum Gasteiger partial charge on any atom is -0.463 e. The molecule has 3 aromatic rings. The number of thiazole rings is 1. The topological polar surface area (TPSA) is 104 Å². The molecule has 0 aliphatic carbocycles. The summed E-state index contributed by atoms with van der Waals surface area (Å²) in [4.78, 5) is 42.4. The van der Waals surface area contributed by atoms with Gasteiger partial charge in [0.2, 0.25) is 0 Å². The number of nitrogens with zero attached hydrogens (tertiary/aromatic N) is 3. The Morgan fingerprint density at radius 2 is 1.97 bits per heavy atom. The molecule has 1 aliphatic rings. The molecule has 2 heterocycles. The number of non-ortho nitro benzene ring substituents is 1. The molecule has 1 aromatic heterocycles. The number of esters is 1. The van der Waals surface area contributed by atoms with E-state index in [0.717, 1.165) is 5.56 Å². The lowest BCUT2D eigenvalue weighted by atomic mass is 9.95. The maximum Gasteiger partial charge on any atom is 0.338 e. The highest BCUT2D eigenvalue weighted by atomic mass is 32.1. The lowest BCUT2D eigenvalue weighted by molar-refractivity contribution is -0.384. The van der Waals surface area contributed by atoms with E-state index in [2.05, 4.69) is 18.8 Å². The van der Waals surface area contributed by atoms with Crippen LogP contribution >= 0.6 is 11.3 Å². The molecular weight excluding hydrogens is 466 g/mol. The second-order valence-corrected chi connectivity index (χ2v) is 9.48. The van der Waals surface area contributed by atoms with Crippen molar-refractivity contribution in [3.05, 3.63) is 106 Å². The number of hydrogen-bond donors (Lipinski definition) is 0. The van der Waals surface area contributed by atoms with E-state index < -0.39 is 16.9 Å². The largest absolute Gasteiger partial charge is 0.463 e. The van der Waals surface area contributed by atoms with Crippen molar-refractivity contribution in [3.63, 3.8) is 0 Å². The van der Waals surface area contributed by atoms with Gasteiger partial charge in [0, 0.05) is 12.1 Å². The van der Waals surface area contributed by atoms with Crippen molar-refractivity contribution < 1.29 is 14.5 Å². The molecule has 4 rings (SSSR count). The maximum atomic E-state index is 13.6. The van der Waals surface area contributed by atoms with Gasteiger partial charge in [-0.25, -0.2) is 9.79 Å². The molecular formula is C26H25N3O5S. The van der Waals surface area contributed by atoms with Crippen LogP contribution in [0.4, 0.5) is 5.69 Å². The molecule has 0 saturated heterocycles. The summed E-state index contributed by atoms with van der Waals surface area (Å²) in [6.45, 7) is 7.75. The van der Waals surface area contributed by atoms with Gasteiger partial charge in [0.1, 0.15) is 0 Å². The third-order valence-corrected chi connectivity index (χ3v) is 6.80. The zero-order valence-electron chi connectivity index (χ0n) is 19.8. The average Bonchev–Trinajstić information content (AvgIpc) is 3.13. The zero-order chi connectivity index (χ0) is 25.3. The normalized spacial score (nSPS) is 15.7. The Kier molecular flexibility index (Phi) is 6.79. The number of fused-ring (bicyclic) bond motifs is 1. The highest BCUT2D eigenvalue weighted by Crippen LogP contribution is 2.32. The first kappa shape index (κ1) is 24.3. The smallest absolute Gasteiger partial charge is 0.338 e. The lowest BCUT2D eigenvalue weighted by Crippen LogP contribution is -2.40. The Hall–Kier alpha value is -3.85. The molecule has 0 fully saturated rings. The minimum absolute atomic E-state index is 0.132. The summed E-state index contributed by atoms with van der Waals surface area (Å²) in [6, 6.07) is 13.0. The van der Waals surface area contributed by atoms with Crippen molar-refractivity contribution in [1.29, 1.82) is 0 Å². The second kappa shape index (κ2) is 9.79. The van der Waals surface area contributed by atoms with Crippen LogP contribution in [0.3, 0.4) is 0 Å². The Labute approximate surface area is 205 Å². The lowest BCUT2D eigenvalue weighted by Gasteiger charge is -2.24. The molecule has 9 heteroatoms. The number of nitro benzene ring substituents is 1. The fraction of sp³-hybridized carbons (Fsp3) is 0.269. The summed E-state index contributed by atoms with van der Waals surface area (Å²) in [5.41, 5.74) is 2.64. The van der Waals surface area contributed by atoms with Gasteiger partial charge >= 0.3 is 5.97 Å². The van der Waals surface area contributed by atoms with Crippen molar-refractivity contribution in [1.82, 2.24) is 4.57 Å². The van der Waals surface area contributed by atoms with Crippen molar-refractivity contribution in [2.45, 2.75) is 39.7 Å². The molecule has 2 aromatic carbocycles. The molecule has 0 unspecified atom stereocenters. The fourth-order valence-corrected chi connectivity index (χ4v) is 5.09. The monoisotopic (exact) mass is 491 g/mol. The van der Waals surface area contributed by atoms with Crippen LogP contribution in [0.5, 0.6) is 0 Å². The fourth-order valence-electron chi connectivity index (χ4n) is 4.04. The van der Waals surface area contributed by atoms with Crippen LogP contribution in [0.25, 0.3) is 6.08 Å². The summed E-state index contributed by atoms with van der Waals surface area (Å²) in [5, 5.41) is 11.4. The first-order valence-corrected chi connectivity index (χ1v) is 12.1. The van der Waals surface area contributed by atoms with Gasteiger partial charge in [-0.15, -0.1) is 0 Å². The van der Waals surface area contributed by atoms with E-state index in [1.807, 2.05) is 24.3 Å². The predicted octanol–water partition coefficient (Wildman–Crippen LogP) is 3.83. The van der Waals surface area contributed by atoms with E-state index >= 15 is 0 Å². The van der Waals surface area contributed by atoms with E-state index in [1.165, 1.54) is 39.7 Å². The van der Waals surface area contributed by atoms with Gasteiger partial charge < -0.3 is 4.74 Å². The van der Waals surface area contributed by atoms with Crippen LogP contribution in [0.15, 0.2) is 69.6 Å². The van der Waals surface area contributed by atoms with Crippen LogP contribution in [0, 0.1) is 10.1 Å². The van der Waals surface area contributed by atoms with Crippen molar-refractivity contribution in [3.8, 4) is 0 Å². The average molecular weight is 492 g/mol. The molecule has 0 amide bonds. The van der Waals surface area contributed by atoms with E-state index in [0.29, 0.717) is 26.5 Å². The highest BCUT2D eigenvalue weighted by molar-refractivity contribution is 7.07. The van der Waals surface area contributed by atoms with Crippen LogP contribution in [-0.4, -0.2) is 22.1 Å². The third kappa shape index (κ3) is 4.72.